The number of ether oxygens (including phenoxy) is 1. The molecule has 0 saturated carbocycles. The van der Waals surface area contributed by atoms with E-state index in [-0.39, 0.29) is 0 Å². The van der Waals surface area contributed by atoms with Gasteiger partial charge in [-0.2, -0.15) is 0 Å². The summed E-state index contributed by atoms with van der Waals surface area (Å²) in [7, 11) is 0. The molecule has 6 aromatic rings. The number of hydrogen-bond acceptors (Lipinski definition) is 4. The topological polar surface area (TPSA) is 54.0 Å². The van der Waals surface area contributed by atoms with Crippen LogP contribution in [0.1, 0.15) is 11.4 Å². The smallest absolute Gasteiger partial charge is 0.124 e. The van der Waals surface area contributed by atoms with Crippen molar-refractivity contribution in [2.75, 3.05) is 18.1 Å². The van der Waals surface area contributed by atoms with Gasteiger partial charge in [0.15, 0.2) is 0 Å². The van der Waals surface area contributed by atoms with Gasteiger partial charge in [-0.15, -0.1) is 0 Å². The van der Waals surface area contributed by atoms with E-state index in [1.54, 1.807) is 0 Å². The Labute approximate surface area is 215 Å². The lowest BCUT2D eigenvalue weighted by atomic mass is 10.0. The number of rotatable bonds is 3. The minimum Gasteiger partial charge on any atom is -0.491 e. The van der Waals surface area contributed by atoms with Crippen LogP contribution in [-0.2, 0) is 6.54 Å². The number of nitrogens with zero attached hydrogens (tertiary/aromatic N) is 3. The van der Waals surface area contributed by atoms with Gasteiger partial charge in [0.1, 0.15) is 18.2 Å². The average Bonchev–Trinajstić information content (AvgIpc) is 3.18. The third kappa shape index (κ3) is 3.99. The van der Waals surface area contributed by atoms with Gasteiger partial charge in [0, 0.05) is 28.7 Å². The molecule has 0 atom stereocenters. The van der Waals surface area contributed by atoms with Crippen LogP contribution in [-0.4, -0.2) is 28.1 Å². The van der Waals surface area contributed by atoms with E-state index in [9.17, 15) is 0 Å². The van der Waals surface area contributed by atoms with E-state index in [1.165, 1.54) is 16.8 Å². The number of nitrogens with one attached hydrogen (secondary N) is 1. The van der Waals surface area contributed by atoms with Crippen molar-refractivity contribution < 1.29 is 4.74 Å². The van der Waals surface area contributed by atoms with Crippen molar-refractivity contribution in [1.82, 2.24) is 15.0 Å². The van der Waals surface area contributed by atoms with Gasteiger partial charge < -0.3 is 14.6 Å². The summed E-state index contributed by atoms with van der Waals surface area (Å²) in [6.45, 7) is 4.17. The van der Waals surface area contributed by atoms with E-state index in [0.717, 1.165) is 63.4 Å². The maximum Gasteiger partial charge on any atom is 0.124 e. The van der Waals surface area contributed by atoms with Crippen molar-refractivity contribution in [3.8, 4) is 28.1 Å². The third-order valence-corrected chi connectivity index (χ3v) is 7.08. The Kier molecular flexibility index (Phi) is 5.14. The molecule has 0 radical (unpaired) electrons. The van der Waals surface area contributed by atoms with Crippen molar-refractivity contribution in [3.05, 3.63) is 108 Å². The van der Waals surface area contributed by atoms with Crippen LogP contribution >= 0.6 is 0 Å². The van der Waals surface area contributed by atoms with E-state index < -0.39 is 0 Å². The Morgan fingerprint density at radius 1 is 0.757 bits per heavy atom. The van der Waals surface area contributed by atoms with Crippen molar-refractivity contribution in [2.24, 2.45) is 0 Å². The molecule has 5 heteroatoms. The molecule has 0 amide bonds. The molecule has 0 saturated heterocycles. The molecule has 5 nitrogen and oxygen atoms in total. The van der Waals surface area contributed by atoms with Crippen LogP contribution < -0.4 is 9.64 Å². The van der Waals surface area contributed by atoms with Crippen LogP contribution in [0.5, 0.6) is 5.75 Å². The van der Waals surface area contributed by atoms with Gasteiger partial charge in [-0.3, -0.25) is 0 Å². The number of pyridine rings is 1. The number of aromatic amines is 1. The molecule has 4 aromatic carbocycles. The van der Waals surface area contributed by atoms with E-state index in [2.05, 4.69) is 106 Å². The summed E-state index contributed by atoms with van der Waals surface area (Å²) in [5, 5.41) is 1.15. The molecule has 0 spiro atoms. The number of H-pyrrole nitrogens is 1. The van der Waals surface area contributed by atoms with Gasteiger partial charge in [-0.1, -0.05) is 60.7 Å². The maximum absolute atomic E-state index is 6.22. The molecule has 2 aromatic heterocycles. The quantitative estimate of drug-likeness (QED) is 0.291. The Morgan fingerprint density at radius 2 is 1.57 bits per heavy atom. The highest BCUT2D eigenvalue weighted by molar-refractivity contribution is 5.94. The first kappa shape index (κ1) is 21.6. The number of anilines is 1. The number of hydrogen-bond donors (Lipinski definition) is 1. The van der Waals surface area contributed by atoms with Gasteiger partial charge in [0.05, 0.1) is 28.8 Å². The number of imidazole rings is 1. The Morgan fingerprint density at radius 3 is 2.49 bits per heavy atom. The first-order valence-electron chi connectivity index (χ1n) is 12.6. The minimum atomic E-state index is 0.628. The van der Waals surface area contributed by atoms with Crippen molar-refractivity contribution in [2.45, 2.75) is 13.5 Å². The van der Waals surface area contributed by atoms with Gasteiger partial charge in [0.25, 0.3) is 0 Å². The summed E-state index contributed by atoms with van der Waals surface area (Å²) in [6, 6.07) is 33.9. The standard InChI is InChI=1S/C32H26N4O/c1-21-33-28-13-11-24(18-30(28)34-21)23-12-14-32-25(17-23)20-36(15-16-37-32)31-19-29(22-7-3-2-4-8-22)35-27-10-6-5-9-26(27)31/h2-14,17-19H,15-16,20H2,1H3,(H,33,34). The molecule has 3 heterocycles. The molecule has 0 unspecified atom stereocenters. The second kappa shape index (κ2) is 8.79. The fraction of sp³-hybridized carbons (Fsp3) is 0.125. The normalized spacial score (nSPS) is 13.4. The fourth-order valence-electron chi connectivity index (χ4n) is 5.27. The lowest BCUT2D eigenvalue weighted by Crippen LogP contribution is -2.25. The summed E-state index contributed by atoms with van der Waals surface area (Å²) in [5.41, 5.74) is 9.84. The second-order valence-electron chi connectivity index (χ2n) is 9.56. The predicted octanol–water partition coefficient (Wildman–Crippen LogP) is 7.15. The molecule has 1 aliphatic rings. The van der Waals surface area contributed by atoms with E-state index in [1.807, 2.05) is 13.0 Å². The van der Waals surface area contributed by atoms with Crippen molar-refractivity contribution >= 4 is 27.6 Å². The second-order valence-corrected chi connectivity index (χ2v) is 9.56. The first-order chi connectivity index (χ1) is 18.2. The average molecular weight is 483 g/mol. The monoisotopic (exact) mass is 482 g/mol. The lowest BCUT2D eigenvalue weighted by Gasteiger charge is -2.24. The number of fused-ring (bicyclic) bond motifs is 3. The Bertz CT molecular complexity index is 1760. The van der Waals surface area contributed by atoms with Crippen molar-refractivity contribution in [1.29, 1.82) is 0 Å². The Balaban J connectivity index is 1.30. The van der Waals surface area contributed by atoms with Crippen LogP contribution in [0.2, 0.25) is 0 Å². The maximum atomic E-state index is 6.22. The highest BCUT2D eigenvalue weighted by Gasteiger charge is 2.20. The number of para-hydroxylation sites is 1. The zero-order valence-electron chi connectivity index (χ0n) is 20.6. The summed E-state index contributed by atoms with van der Waals surface area (Å²) in [4.78, 5) is 15.3. The van der Waals surface area contributed by atoms with Crippen LogP contribution in [0.25, 0.3) is 44.3 Å². The highest BCUT2D eigenvalue weighted by Crippen LogP contribution is 2.35. The predicted molar refractivity (Wildman–Crippen MR) is 150 cm³/mol. The van der Waals surface area contributed by atoms with Crippen LogP contribution in [0.4, 0.5) is 5.69 Å². The molecule has 0 bridgehead atoms. The number of aromatic nitrogens is 3. The van der Waals surface area contributed by atoms with E-state index >= 15 is 0 Å². The molecular weight excluding hydrogens is 456 g/mol. The molecule has 0 aliphatic carbocycles. The molecule has 1 N–H and O–H groups in total. The molecule has 7 rings (SSSR count). The van der Waals surface area contributed by atoms with Gasteiger partial charge in [0.2, 0.25) is 0 Å². The van der Waals surface area contributed by atoms with E-state index in [0.29, 0.717) is 6.61 Å². The van der Waals surface area contributed by atoms with Gasteiger partial charge in [-0.05, 0) is 54.4 Å². The number of benzene rings is 4. The van der Waals surface area contributed by atoms with Crippen LogP contribution in [0, 0.1) is 6.92 Å². The summed E-state index contributed by atoms with van der Waals surface area (Å²) in [6.07, 6.45) is 0. The lowest BCUT2D eigenvalue weighted by molar-refractivity contribution is 0.332. The molecule has 0 fully saturated rings. The summed E-state index contributed by atoms with van der Waals surface area (Å²) < 4.78 is 6.22. The number of aryl methyl sites for hydroxylation is 1. The zero-order valence-corrected chi connectivity index (χ0v) is 20.6. The molecular formula is C32H26N4O. The summed E-state index contributed by atoms with van der Waals surface area (Å²) >= 11 is 0. The Hall–Kier alpha value is -4.64. The largest absolute Gasteiger partial charge is 0.491 e. The van der Waals surface area contributed by atoms with Crippen LogP contribution in [0.3, 0.4) is 0 Å². The molecule has 37 heavy (non-hydrogen) atoms. The van der Waals surface area contributed by atoms with Gasteiger partial charge >= 0.3 is 0 Å². The SMILES string of the molecule is Cc1nc2ccc(-c3ccc4c(c3)CN(c3cc(-c5ccccc5)nc5ccccc35)CCO4)cc2[nH]1. The van der Waals surface area contributed by atoms with Crippen molar-refractivity contribution in [3.63, 3.8) is 0 Å². The molecule has 180 valence electrons. The fourth-order valence-corrected chi connectivity index (χ4v) is 5.27. The highest BCUT2D eigenvalue weighted by atomic mass is 16.5. The molecule has 1 aliphatic heterocycles. The van der Waals surface area contributed by atoms with Gasteiger partial charge in [-0.25, -0.2) is 9.97 Å². The first-order valence-corrected chi connectivity index (χ1v) is 12.6. The summed E-state index contributed by atoms with van der Waals surface area (Å²) in [5.74, 6) is 1.88. The van der Waals surface area contributed by atoms with Crippen LogP contribution in [0.15, 0.2) is 97.1 Å². The third-order valence-electron chi connectivity index (χ3n) is 7.08. The minimum absolute atomic E-state index is 0.628. The van der Waals surface area contributed by atoms with E-state index in [4.69, 9.17) is 9.72 Å². The zero-order chi connectivity index (χ0) is 24.8.